The van der Waals surface area contributed by atoms with Crippen molar-refractivity contribution in [1.82, 2.24) is 10.6 Å². The third-order valence-corrected chi connectivity index (χ3v) is 3.78. The highest BCUT2D eigenvalue weighted by Gasteiger charge is 2.22. The lowest BCUT2D eigenvalue weighted by Crippen LogP contribution is -2.49. The number of carboxylic acids is 1. The number of hydrogen-bond acceptors (Lipinski definition) is 4. The van der Waals surface area contributed by atoms with Crippen LogP contribution in [0.1, 0.15) is 30.1 Å². The molecule has 0 radical (unpaired) electrons. The van der Waals surface area contributed by atoms with Crippen molar-refractivity contribution < 1.29 is 19.5 Å². The Labute approximate surface area is 140 Å². The molecule has 6 nitrogen and oxygen atoms in total. The van der Waals surface area contributed by atoms with Gasteiger partial charge in [0.05, 0.1) is 6.42 Å². The molecule has 0 fully saturated rings. The topological polar surface area (TPSA) is 95.5 Å². The predicted molar refractivity (Wildman–Crippen MR) is 90.6 cm³/mol. The number of carboxylic acid groups (broad SMARTS) is 1. The Morgan fingerprint density at radius 3 is 2.39 bits per heavy atom. The summed E-state index contributed by atoms with van der Waals surface area (Å²) >= 11 is 1.57. The highest BCUT2D eigenvalue weighted by molar-refractivity contribution is 7.98. The molecule has 0 bridgehead atoms. The van der Waals surface area contributed by atoms with E-state index >= 15 is 0 Å². The summed E-state index contributed by atoms with van der Waals surface area (Å²) < 4.78 is 0. The summed E-state index contributed by atoms with van der Waals surface area (Å²) in [6, 6.07) is 7.47. The Morgan fingerprint density at radius 2 is 1.83 bits per heavy atom. The summed E-state index contributed by atoms with van der Waals surface area (Å²) in [5.74, 6) is -0.956. The first-order valence-corrected chi connectivity index (χ1v) is 8.70. The molecule has 2 amide bonds. The number of carbonyl (C=O) groups is 3. The first-order chi connectivity index (χ1) is 10.9. The lowest BCUT2D eigenvalue weighted by molar-refractivity contribution is -0.137. The van der Waals surface area contributed by atoms with E-state index in [4.69, 9.17) is 5.11 Å². The highest BCUT2D eigenvalue weighted by Crippen LogP contribution is 2.05. The minimum Gasteiger partial charge on any atom is -0.481 e. The molecule has 0 aliphatic rings. The van der Waals surface area contributed by atoms with Gasteiger partial charge in [-0.2, -0.15) is 11.8 Å². The van der Waals surface area contributed by atoms with Gasteiger partial charge in [-0.15, -0.1) is 0 Å². The van der Waals surface area contributed by atoms with Crippen molar-refractivity contribution in [3.63, 3.8) is 0 Å². The molecule has 0 saturated heterocycles. The number of amides is 2. The quantitative estimate of drug-likeness (QED) is 0.634. The molecule has 1 rings (SSSR count). The molecule has 0 aliphatic carbocycles. The third-order valence-electron chi connectivity index (χ3n) is 3.14. The summed E-state index contributed by atoms with van der Waals surface area (Å²) in [5.41, 5.74) is 0.480. The van der Waals surface area contributed by atoms with Crippen molar-refractivity contribution in [3.05, 3.63) is 35.9 Å². The van der Waals surface area contributed by atoms with Crippen molar-refractivity contribution in [1.29, 1.82) is 0 Å². The van der Waals surface area contributed by atoms with Crippen LogP contribution in [0.25, 0.3) is 0 Å². The number of aliphatic carboxylic acids is 1. The van der Waals surface area contributed by atoms with Crippen molar-refractivity contribution in [2.75, 3.05) is 12.0 Å². The van der Waals surface area contributed by atoms with Crippen LogP contribution in [0, 0.1) is 0 Å². The second kappa shape index (κ2) is 9.89. The number of rotatable bonds is 9. The van der Waals surface area contributed by atoms with Gasteiger partial charge < -0.3 is 15.7 Å². The fourth-order valence-electron chi connectivity index (χ4n) is 1.99. The largest absolute Gasteiger partial charge is 0.481 e. The Hall–Kier alpha value is -2.02. The van der Waals surface area contributed by atoms with Gasteiger partial charge in [0.25, 0.3) is 5.91 Å². The van der Waals surface area contributed by atoms with Gasteiger partial charge in [-0.05, 0) is 37.5 Å². The molecule has 0 aromatic heterocycles. The van der Waals surface area contributed by atoms with E-state index in [-0.39, 0.29) is 18.2 Å². The molecule has 0 aliphatic heterocycles. The molecule has 2 unspecified atom stereocenters. The number of carbonyl (C=O) groups excluding carboxylic acids is 2. The summed E-state index contributed by atoms with van der Waals surface area (Å²) in [6.07, 6.45) is 2.24. The second-order valence-electron chi connectivity index (χ2n) is 5.18. The van der Waals surface area contributed by atoms with E-state index in [1.807, 2.05) is 12.3 Å². The van der Waals surface area contributed by atoms with E-state index in [9.17, 15) is 14.4 Å². The molecular formula is C16H22N2O4S. The molecule has 0 saturated carbocycles. The van der Waals surface area contributed by atoms with Crippen LogP contribution in [0.3, 0.4) is 0 Å². The van der Waals surface area contributed by atoms with Crippen molar-refractivity contribution in [3.8, 4) is 0 Å². The van der Waals surface area contributed by atoms with Gasteiger partial charge in [0.1, 0.15) is 6.04 Å². The van der Waals surface area contributed by atoms with Crippen LogP contribution in [-0.4, -0.2) is 47.0 Å². The summed E-state index contributed by atoms with van der Waals surface area (Å²) in [7, 11) is 0. The Kier molecular flexibility index (Phi) is 8.18. The lowest BCUT2D eigenvalue weighted by Gasteiger charge is -2.20. The maximum absolute atomic E-state index is 12.3. The van der Waals surface area contributed by atoms with E-state index in [2.05, 4.69) is 10.6 Å². The Balaban J connectivity index is 2.69. The van der Waals surface area contributed by atoms with Gasteiger partial charge in [-0.25, -0.2) is 0 Å². The molecular weight excluding hydrogens is 316 g/mol. The van der Waals surface area contributed by atoms with E-state index in [0.717, 1.165) is 0 Å². The molecule has 0 spiro atoms. The van der Waals surface area contributed by atoms with Crippen LogP contribution in [0.2, 0.25) is 0 Å². The van der Waals surface area contributed by atoms with Crippen molar-refractivity contribution in [2.45, 2.75) is 31.8 Å². The van der Waals surface area contributed by atoms with Gasteiger partial charge >= 0.3 is 5.97 Å². The smallest absolute Gasteiger partial charge is 0.305 e. The molecule has 126 valence electrons. The maximum atomic E-state index is 12.3. The standard InChI is InChI=1S/C16H22N2O4S/c1-11(10-14(19)20)17-16(22)13(8-9-23-2)18-15(21)12-6-4-3-5-7-12/h3-7,11,13H,8-10H2,1-2H3,(H,17,22)(H,18,21)(H,19,20). The van der Waals surface area contributed by atoms with Crippen LogP contribution >= 0.6 is 11.8 Å². The van der Waals surface area contributed by atoms with Crippen molar-refractivity contribution >= 4 is 29.5 Å². The van der Waals surface area contributed by atoms with Gasteiger partial charge in [0.15, 0.2) is 0 Å². The van der Waals surface area contributed by atoms with Gasteiger partial charge in [0, 0.05) is 11.6 Å². The lowest BCUT2D eigenvalue weighted by atomic mass is 10.1. The van der Waals surface area contributed by atoms with E-state index < -0.39 is 18.1 Å². The van der Waals surface area contributed by atoms with E-state index in [0.29, 0.717) is 17.7 Å². The number of thioether (sulfide) groups is 1. The average molecular weight is 338 g/mol. The fourth-order valence-corrected chi connectivity index (χ4v) is 2.46. The molecule has 2 atom stereocenters. The first-order valence-electron chi connectivity index (χ1n) is 7.31. The van der Waals surface area contributed by atoms with Crippen LogP contribution in [-0.2, 0) is 9.59 Å². The summed E-state index contributed by atoms with van der Waals surface area (Å²) in [5, 5.41) is 14.1. The van der Waals surface area contributed by atoms with E-state index in [1.165, 1.54) is 0 Å². The third kappa shape index (κ3) is 7.19. The average Bonchev–Trinajstić information content (AvgIpc) is 2.51. The molecule has 1 aromatic rings. The highest BCUT2D eigenvalue weighted by atomic mass is 32.2. The van der Waals surface area contributed by atoms with Gasteiger partial charge in [0.2, 0.25) is 5.91 Å². The van der Waals surface area contributed by atoms with Crippen molar-refractivity contribution in [2.24, 2.45) is 0 Å². The molecule has 23 heavy (non-hydrogen) atoms. The van der Waals surface area contributed by atoms with Gasteiger partial charge in [-0.3, -0.25) is 14.4 Å². The monoisotopic (exact) mass is 338 g/mol. The van der Waals surface area contributed by atoms with Gasteiger partial charge in [-0.1, -0.05) is 18.2 Å². The van der Waals surface area contributed by atoms with Crippen LogP contribution in [0.5, 0.6) is 0 Å². The maximum Gasteiger partial charge on any atom is 0.305 e. The molecule has 7 heteroatoms. The zero-order valence-electron chi connectivity index (χ0n) is 13.2. The summed E-state index contributed by atoms with van der Waals surface area (Å²) in [4.78, 5) is 35.1. The van der Waals surface area contributed by atoms with Crippen LogP contribution < -0.4 is 10.6 Å². The number of nitrogens with one attached hydrogen (secondary N) is 2. The molecule has 3 N–H and O–H groups in total. The minimum atomic E-state index is -0.980. The van der Waals surface area contributed by atoms with Crippen LogP contribution in [0.4, 0.5) is 0 Å². The number of hydrogen-bond donors (Lipinski definition) is 3. The van der Waals surface area contributed by atoms with E-state index in [1.54, 1.807) is 43.0 Å². The normalized spacial score (nSPS) is 13.0. The van der Waals surface area contributed by atoms with Crippen LogP contribution in [0.15, 0.2) is 30.3 Å². The predicted octanol–water partition coefficient (Wildman–Crippen LogP) is 1.52. The zero-order chi connectivity index (χ0) is 17.2. The molecule has 1 aromatic carbocycles. The fraction of sp³-hybridized carbons (Fsp3) is 0.438. The zero-order valence-corrected chi connectivity index (χ0v) is 14.1. The minimum absolute atomic E-state index is 0.159. The Morgan fingerprint density at radius 1 is 1.17 bits per heavy atom. The first kappa shape index (κ1) is 19.0. The second-order valence-corrected chi connectivity index (χ2v) is 6.17. The summed E-state index contributed by atoms with van der Waals surface area (Å²) in [6.45, 7) is 1.62. The SMILES string of the molecule is CSCCC(NC(=O)c1ccccc1)C(=O)NC(C)CC(=O)O. The number of benzene rings is 1. The molecule has 0 heterocycles. The Bertz CT molecular complexity index is 536.